The van der Waals surface area contributed by atoms with Crippen LogP contribution >= 0.6 is 11.8 Å². The van der Waals surface area contributed by atoms with E-state index in [1.54, 1.807) is 18.0 Å². The van der Waals surface area contributed by atoms with Crippen LogP contribution in [0.1, 0.15) is 20.8 Å². The number of anilines is 1. The lowest BCUT2D eigenvalue weighted by atomic mass is 10.1. The molecular formula is C20H22N4O3S. The van der Waals surface area contributed by atoms with E-state index in [-0.39, 0.29) is 5.91 Å². The Hall–Kier alpha value is -2.74. The van der Waals surface area contributed by atoms with E-state index < -0.39 is 5.60 Å². The van der Waals surface area contributed by atoms with E-state index in [4.69, 9.17) is 14.5 Å². The maximum Gasteiger partial charge on any atom is 0.222 e. The fourth-order valence-corrected chi connectivity index (χ4v) is 3.69. The topological polar surface area (TPSA) is 78.3 Å². The Morgan fingerprint density at radius 2 is 2.14 bits per heavy atom. The van der Waals surface area contributed by atoms with Gasteiger partial charge in [0.2, 0.25) is 5.91 Å². The molecule has 28 heavy (non-hydrogen) atoms. The van der Waals surface area contributed by atoms with Crippen LogP contribution in [-0.2, 0) is 11.8 Å². The first kappa shape index (κ1) is 18.6. The summed E-state index contributed by atoms with van der Waals surface area (Å²) in [7, 11) is 1.96. The van der Waals surface area contributed by atoms with Crippen LogP contribution in [0.25, 0.3) is 22.2 Å². The number of pyridine rings is 2. The molecule has 0 radical (unpaired) electrons. The van der Waals surface area contributed by atoms with E-state index >= 15 is 0 Å². The van der Waals surface area contributed by atoms with Crippen molar-refractivity contribution in [1.82, 2.24) is 14.5 Å². The van der Waals surface area contributed by atoms with E-state index in [2.05, 4.69) is 10.3 Å². The minimum atomic E-state index is -0.400. The summed E-state index contributed by atoms with van der Waals surface area (Å²) in [5.41, 5.74) is 2.17. The van der Waals surface area contributed by atoms with Gasteiger partial charge in [0, 0.05) is 37.2 Å². The fourth-order valence-electron chi connectivity index (χ4n) is 3.28. The van der Waals surface area contributed by atoms with Gasteiger partial charge in [0.25, 0.3) is 0 Å². The molecule has 0 atom stereocenters. The number of carbonyl (C=O) groups excluding carboxylic acids is 1. The SMILES string of the molecule is CSc1cc2c(c(-c3cn(C)c4cnc(NC(C)=O)cc34)n1)OCC(C)(C)O2. The molecule has 3 aromatic heterocycles. The molecule has 0 aliphatic carbocycles. The van der Waals surface area contributed by atoms with Gasteiger partial charge in [-0.25, -0.2) is 9.97 Å². The van der Waals surface area contributed by atoms with Gasteiger partial charge in [0.1, 0.15) is 28.7 Å². The molecule has 1 aliphatic heterocycles. The number of amides is 1. The molecule has 0 saturated carbocycles. The first-order chi connectivity index (χ1) is 13.3. The number of hydrogen-bond donors (Lipinski definition) is 1. The molecule has 4 rings (SSSR count). The summed E-state index contributed by atoms with van der Waals surface area (Å²) in [6.45, 7) is 5.90. The molecule has 4 heterocycles. The molecule has 1 amide bonds. The van der Waals surface area contributed by atoms with Crippen LogP contribution in [0.15, 0.2) is 29.6 Å². The molecule has 0 fully saturated rings. The lowest BCUT2D eigenvalue weighted by Crippen LogP contribution is -2.39. The van der Waals surface area contributed by atoms with Crippen LogP contribution in [0.3, 0.4) is 0 Å². The smallest absolute Gasteiger partial charge is 0.222 e. The average molecular weight is 398 g/mol. The molecule has 1 aliphatic rings. The van der Waals surface area contributed by atoms with Crippen molar-refractivity contribution >= 4 is 34.4 Å². The van der Waals surface area contributed by atoms with Gasteiger partial charge in [-0.3, -0.25) is 4.79 Å². The van der Waals surface area contributed by atoms with Gasteiger partial charge in [-0.2, -0.15) is 0 Å². The highest BCUT2D eigenvalue weighted by Crippen LogP contribution is 2.45. The molecule has 0 aromatic carbocycles. The van der Waals surface area contributed by atoms with Crippen LogP contribution in [-0.4, -0.2) is 38.9 Å². The lowest BCUT2D eigenvalue weighted by molar-refractivity contribution is -0.114. The molecule has 0 bridgehead atoms. The molecule has 146 valence electrons. The summed E-state index contributed by atoms with van der Waals surface area (Å²) >= 11 is 1.55. The zero-order valence-electron chi connectivity index (χ0n) is 16.5. The third-order valence-electron chi connectivity index (χ3n) is 4.51. The molecular weight excluding hydrogens is 376 g/mol. The Kier molecular flexibility index (Phi) is 4.45. The van der Waals surface area contributed by atoms with Gasteiger partial charge in [0.15, 0.2) is 11.5 Å². The van der Waals surface area contributed by atoms with E-state index in [9.17, 15) is 4.79 Å². The van der Waals surface area contributed by atoms with Crippen molar-refractivity contribution in [3.05, 3.63) is 24.5 Å². The number of aryl methyl sites for hydroxylation is 1. The summed E-state index contributed by atoms with van der Waals surface area (Å²) in [4.78, 5) is 20.6. The molecule has 3 aromatic rings. The Morgan fingerprint density at radius 1 is 1.36 bits per heavy atom. The average Bonchev–Trinajstić information content (AvgIpc) is 2.95. The highest BCUT2D eigenvalue weighted by molar-refractivity contribution is 7.98. The maximum absolute atomic E-state index is 11.4. The summed E-state index contributed by atoms with van der Waals surface area (Å²) in [5.74, 6) is 1.67. The first-order valence-electron chi connectivity index (χ1n) is 8.91. The van der Waals surface area contributed by atoms with Gasteiger partial charge >= 0.3 is 0 Å². The predicted octanol–water partition coefficient (Wildman–Crippen LogP) is 3.87. The number of nitrogens with zero attached hydrogens (tertiary/aromatic N) is 3. The van der Waals surface area contributed by atoms with Crippen LogP contribution < -0.4 is 14.8 Å². The molecule has 0 unspecified atom stereocenters. The fraction of sp³-hybridized carbons (Fsp3) is 0.350. The van der Waals surface area contributed by atoms with Crippen molar-refractivity contribution in [2.45, 2.75) is 31.4 Å². The second-order valence-electron chi connectivity index (χ2n) is 7.41. The van der Waals surface area contributed by atoms with Gasteiger partial charge in [-0.05, 0) is 26.2 Å². The Bertz CT molecular complexity index is 1090. The number of hydrogen-bond acceptors (Lipinski definition) is 6. The van der Waals surface area contributed by atoms with Crippen molar-refractivity contribution in [2.24, 2.45) is 7.05 Å². The molecule has 0 spiro atoms. The number of rotatable bonds is 3. The Labute approximate surface area is 167 Å². The second-order valence-corrected chi connectivity index (χ2v) is 8.24. The van der Waals surface area contributed by atoms with Crippen LogP contribution in [0.2, 0.25) is 0 Å². The summed E-state index contributed by atoms with van der Waals surface area (Å²) in [6.07, 6.45) is 5.73. The van der Waals surface area contributed by atoms with Crippen LogP contribution in [0.4, 0.5) is 5.82 Å². The maximum atomic E-state index is 11.4. The van der Waals surface area contributed by atoms with Gasteiger partial charge in [-0.15, -0.1) is 11.8 Å². The number of thioether (sulfide) groups is 1. The second kappa shape index (κ2) is 6.70. The highest BCUT2D eigenvalue weighted by Gasteiger charge is 2.32. The monoisotopic (exact) mass is 398 g/mol. The van der Waals surface area contributed by atoms with E-state index in [1.165, 1.54) is 6.92 Å². The zero-order valence-corrected chi connectivity index (χ0v) is 17.3. The van der Waals surface area contributed by atoms with E-state index in [1.807, 2.05) is 50.0 Å². The predicted molar refractivity (Wildman–Crippen MR) is 110 cm³/mol. The van der Waals surface area contributed by atoms with E-state index in [0.717, 1.165) is 27.2 Å². The van der Waals surface area contributed by atoms with Crippen molar-refractivity contribution in [1.29, 1.82) is 0 Å². The van der Waals surface area contributed by atoms with Crippen LogP contribution in [0.5, 0.6) is 11.5 Å². The standard InChI is InChI=1S/C20H22N4O3S/c1-11(25)22-16-6-12-13(9-24(4)14(12)8-21-16)18-19-15(7-17(23-18)28-5)27-20(2,3)10-26-19/h6-9H,10H2,1-5H3,(H,21,22,25). The molecule has 8 heteroatoms. The number of nitrogens with one attached hydrogen (secondary N) is 1. The summed E-state index contributed by atoms with van der Waals surface area (Å²) < 4.78 is 14.2. The molecule has 7 nitrogen and oxygen atoms in total. The van der Waals surface area contributed by atoms with Crippen molar-refractivity contribution < 1.29 is 14.3 Å². The largest absolute Gasteiger partial charge is 0.483 e. The third kappa shape index (κ3) is 3.28. The number of fused-ring (bicyclic) bond motifs is 2. The number of aromatic nitrogens is 3. The van der Waals surface area contributed by atoms with Gasteiger partial charge < -0.3 is 19.4 Å². The number of carbonyl (C=O) groups is 1. The molecule has 1 N–H and O–H groups in total. The minimum absolute atomic E-state index is 0.164. The highest BCUT2D eigenvalue weighted by atomic mass is 32.2. The van der Waals surface area contributed by atoms with Crippen molar-refractivity contribution in [3.8, 4) is 22.8 Å². The van der Waals surface area contributed by atoms with Crippen LogP contribution in [0, 0.1) is 0 Å². The normalized spacial score (nSPS) is 14.9. The van der Waals surface area contributed by atoms with Gasteiger partial charge in [0.05, 0.1) is 11.7 Å². The zero-order chi connectivity index (χ0) is 20.1. The van der Waals surface area contributed by atoms with Crippen molar-refractivity contribution in [2.75, 3.05) is 18.2 Å². The lowest BCUT2D eigenvalue weighted by Gasteiger charge is -2.33. The first-order valence-corrected chi connectivity index (χ1v) is 10.1. The van der Waals surface area contributed by atoms with E-state index in [0.29, 0.717) is 23.9 Å². The molecule has 0 saturated heterocycles. The summed E-state index contributed by atoms with van der Waals surface area (Å²) in [5, 5.41) is 4.52. The Morgan fingerprint density at radius 3 is 2.86 bits per heavy atom. The summed E-state index contributed by atoms with van der Waals surface area (Å²) in [6, 6.07) is 3.78. The Balaban J connectivity index is 1.94. The minimum Gasteiger partial charge on any atom is -0.483 e. The number of ether oxygens (including phenoxy) is 2. The quantitative estimate of drug-likeness (QED) is 0.675. The van der Waals surface area contributed by atoms with Gasteiger partial charge in [-0.1, -0.05) is 0 Å². The van der Waals surface area contributed by atoms with Crippen molar-refractivity contribution in [3.63, 3.8) is 0 Å². The third-order valence-corrected chi connectivity index (χ3v) is 5.14.